The van der Waals surface area contributed by atoms with E-state index in [-0.39, 0.29) is 29.7 Å². The smallest absolute Gasteiger partial charge is 0.246 e. The van der Waals surface area contributed by atoms with Gasteiger partial charge in [-0.1, -0.05) is 18.7 Å². The third kappa shape index (κ3) is 2.98. The summed E-state index contributed by atoms with van der Waals surface area (Å²) in [5, 5.41) is 19.6. The maximum atomic E-state index is 12.3. The Bertz CT molecular complexity index is 1090. The summed E-state index contributed by atoms with van der Waals surface area (Å²) in [6.45, 7) is 4.95. The predicted molar refractivity (Wildman–Crippen MR) is 108 cm³/mol. The number of carbonyl (C=O) groups is 1. The van der Waals surface area contributed by atoms with E-state index in [1.807, 2.05) is 23.1 Å². The lowest BCUT2D eigenvalue weighted by Gasteiger charge is -2.31. The summed E-state index contributed by atoms with van der Waals surface area (Å²) in [4.78, 5) is 17.6. The number of amides is 1. The van der Waals surface area contributed by atoms with Crippen molar-refractivity contribution in [2.45, 2.75) is 30.9 Å². The summed E-state index contributed by atoms with van der Waals surface area (Å²) in [5.41, 5.74) is 2.92. The van der Waals surface area contributed by atoms with Gasteiger partial charge in [0.25, 0.3) is 0 Å². The highest BCUT2D eigenvalue weighted by molar-refractivity contribution is 5.88. The van der Waals surface area contributed by atoms with Crippen LogP contribution in [0.2, 0.25) is 0 Å². The fourth-order valence-corrected chi connectivity index (χ4v) is 4.58. The molecule has 7 heteroatoms. The van der Waals surface area contributed by atoms with Crippen LogP contribution < -0.4 is 0 Å². The first-order valence-corrected chi connectivity index (χ1v) is 9.85. The number of hydrogen-bond donors (Lipinski definition) is 2. The van der Waals surface area contributed by atoms with Crippen LogP contribution in [0.1, 0.15) is 24.5 Å². The van der Waals surface area contributed by atoms with Crippen LogP contribution in [-0.4, -0.2) is 56.4 Å². The number of phenols is 1. The minimum absolute atomic E-state index is 0.0358. The molecular weight excluding hydrogens is 368 g/mol. The monoisotopic (exact) mass is 390 g/mol. The molecule has 148 valence electrons. The zero-order valence-corrected chi connectivity index (χ0v) is 15.9. The van der Waals surface area contributed by atoms with E-state index in [1.54, 1.807) is 12.1 Å². The Morgan fingerprint density at radius 1 is 1.31 bits per heavy atom. The third-order valence-electron chi connectivity index (χ3n) is 5.96. The van der Waals surface area contributed by atoms with Gasteiger partial charge in [-0.25, -0.2) is 0 Å². The number of ether oxygens (including phenoxy) is 1. The second kappa shape index (κ2) is 7.00. The van der Waals surface area contributed by atoms with E-state index in [0.29, 0.717) is 30.1 Å². The molecule has 2 aliphatic rings. The van der Waals surface area contributed by atoms with E-state index < -0.39 is 0 Å². The van der Waals surface area contributed by atoms with E-state index in [0.717, 1.165) is 23.9 Å². The summed E-state index contributed by atoms with van der Waals surface area (Å²) in [6.07, 6.45) is 3.24. The van der Waals surface area contributed by atoms with Crippen LogP contribution in [0.3, 0.4) is 0 Å². The van der Waals surface area contributed by atoms with Gasteiger partial charge in [0.2, 0.25) is 5.91 Å². The number of aromatic nitrogens is 3. The Morgan fingerprint density at radius 3 is 3.00 bits per heavy atom. The number of carbonyl (C=O) groups excluding carboxylic acids is 1. The van der Waals surface area contributed by atoms with Crippen LogP contribution in [0.5, 0.6) is 5.75 Å². The molecule has 0 saturated carbocycles. The number of hydrogen-bond acceptors (Lipinski definition) is 5. The topological polar surface area (TPSA) is 91.3 Å². The summed E-state index contributed by atoms with van der Waals surface area (Å²) in [5.74, 6) is 0.169. The molecule has 0 unspecified atom stereocenters. The van der Waals surface area contributed by atoms with Gasteiger partial charge < -0.3 is 19.7 Å². The standard InChI is InChI=1S/C22H22N4O3/c1-2-20(28)26-12-15(21-18(26)7-5-9-29-21)16-10-13-11-17(24-25-22(13)23-16)14-6-3-4-8-19(14)27/h2-4,6,8,10-11,15,18,21,27H,1,5,7,9,12H2,(H,23,25)/t15-,18-,21-/m0/s1. The van der Waals surface area contributed by atoms with Crippen molar-refractivity contribution >= 4 is 16.9 Å². The lowest BCUT2D eigenvalue weighted by Crippen LogP contribution is -2.42. The van der Waals surface area contributed by atoms with E-state index in [2.05, 4.69) is 27.8 Å². The summed E-state index contributed by atoms with van der Waals surface area (Å²) in [7, 11) is 0. The number of benzene rings is 1. The molecule has 0 bridgehead atoms. The van der Waals surface area contributed by atoms with Gasteiger partial charge in [0, 0.05) is 35.7 Å². The Balaban J connectivity index is 1.51. The molecule has 1 aromatic carbocycles. The van der Waals surface area contributed by atoms with Crippen LogP contribution in [0, 0.1) is 0 Å². The Kier molecular flexibility index (Phi) is 4.32. The molecule has 3 atom stereocenters. The number of fused-ring (bicyclic) bond motifs is 2. The third-order valence-corrected chi connectivity index (χ3v) is 5.96. The van der Waals surface area contributed by atoms with E-state index in [9.17, 15) is 9.90 Å². The number of rotatable bonds is 3. The Hall–Kier alpha value is -3.19. The highest BCUT2D eigenvalue weighted by atomic mass is 16.5. The number of H-pyrrole nitrogens is 1. The van der Waals surface area contributed by atoms with Crippen LogP contribution in [0.15, 0.2) is 49.1 Å². The molecule has 2 saturated heterocycles. The molecule has 0 radical (unpaired) electrons. The number of phenolic OH excluding ortho intramolecular Hbond substituents is 1. The average molecular weight is 390 g/mol. The molecule has 3 aromatic rings. The van der Waals surface area contributed by atoms with Gasteiger partial charge in [-0.05, 0) is 43.2 Å². The summed E-state index contributed by atoms with van der Waals surface area (Å²) >= 11 is 0. The second-order valence-electron chi connectivity index (χ2n) is 7.62. The molecule has 2 N–H and O–H groups in total. The number of aromatic hydroxyl groups is 1. The number of para-hydroxylation sites is 1. The first kappa shape index (κ1) is 17.9. The molecule has 2 aliphatic heterocycles. The van der Waals surface area contributed by atoms with Crippen molar-refractivity contribution < 1.29 is 14.6 Å². The van der Waals surface area contributed by atoms with Gasteiger partial charge in [-0.3, -0.25) is 4.79 Å². The number of nitrogens with one attached hydrogen (secondary N) is 1. The maximum absolute atomic E-state index is 12.3. The van der Waals surface area contributed by atoms with Crippen LogP contribution in [0.4, 0.5) is 0 Å². The van der Waals surface area contributed by atoms with Crippen molar-refractivity contribution in [2.75, 3.05) is 13.2 Å². The largest absolute Gasteiger partial charge is 0.507 e. The van der Waals surface area contributed by atoms with E-state index in [1.165, 1.54) is 6.08 Å². The molecule has 2 fully saturated rings. The molecule has 29 heavy (non-hydrogen) atoms. The molecule has 4 heterocycles. The molecule has 7 nitrogen and oxygen atoms in total. The van der Waals surface area contributed by atoms with Crippen molar-refractivity contribution in [3.63, 3.8) is 0 Å². The second-order valence-corrected chi connectivity index (χ2v) is 7.62. The zero-order chi connectivity index (χ0) is 20.0. The SMILES string of the molecule is C=CC(=O)N1C[C@@H](c2cc3cc(-c4ccccc4O)nnc3[nH]2)[C@@H]2OCCC[C@@H]21. The van der Waals surface area contributed by atoms with Crippen LogP contribution in [-0.2, 0) is 9.53 Å². The quantitative estimate of drug-likeness (QED) is 0.671. The van der Waals surface area contributed by atoms with Gasteiger partial charge in [0.15, 0.2) is 5.65 Å². The summed E-state index contributed by atoms with van der Waals surface area (Å²) in [6, 6.07) is 11.1. The molecule has 0 spiro atoms. The normalized spacial score (nSPS) is 23.9. The van der Waals surface area contributed by atoms with Crippen LogP contribution >= 0.6 is 0 Å². The first-order chi connectivity index (χ1) is 14.2. The molecule has 2 aromatic heterocycles. The van der Waals surface area contributed by atoms with Crippen molar-refractivity contribution in [3.05, 3.63) is 54.7 Å². The molecular formula is C22H22N4O3. The lowest BCUT2D eigenvalue weighted by atomic mass is 9.94. The number of nitrogens with zero attached hydrogens (tertiary/aromatic N) is 3. The first-order valence-electron chi connectivity index (χ1n) is 9.85. The molecule has 1 amide bonds. The molecule has 5 rings (SSSR count). The van der Waals surface area contributed by atoms with E-state index >= 15 is 0 Å². The minimum atomic E-state index is -0.0502. The summed E-state index contributed by atoms with van der Waals surface area (Å²) < 4.78 is 6.08. The van der Waals surface area contributed by atoms with Gasteiger partial charge in [-0.2, -0.15) is 0 Å². The van der Waals surface area contributed by atoms with Gasteiger partial charge in [0.1, 0.15) is 5.75 Å². The lowest BCUT2D eigenvalue weighted by molar-refractivity contribution is -0.129. The van der Waals surface area contributed by atoms with Gasteiger partial charge in [-0.15, -0.1) is 10.2 Å². The van der Waals surface area contributed by atoms with Crippen molar-refractivity contribution in [3.8, 4) is 17.0 Å². The predicted octanol–water partition coefficient (Wildman–Crippen LogP) is 2.99. The van der Waals surface area contributed by atoms with Crippen molar-refractivity contribution in [1.29, 1.82) is 0 Å². The van der Waals surface area contributed by atoms with Gasteiger partial charge >= 0.3 is 0 Å². The van der Waals surface area contributed by atoms with Gasteiger partial charge in [0.05, 0.1) is 17.8 Å². The zero-order valence-electron chi connectivity index (χ0n) is 15.9. The Morgan fingerprint density at radius 2 is 2.17 bits per heavy atom. The highest BCUT2D eigenvalue weighted by Crippen LogP contribution is 2.39. The van der Waals surface area contributed by atoms with Crippen molar-refractivity contribution in [1.82, 2.24) is 20.1 Å². The number of likely N-dealkylation sites (tertiary alicyclic amines) is 1. The highest BCUT2D eigenvalue weighted by Gasteiger charge is 2.46. The fraction of sp³-hybridized carbons (Fsp3) is 0.318. The minimum Gasteiger partial charge on any atom is -0.507 e. The van der Waals surface area contributed by atoms with Crippen molar-refractivity contribution in [2.24, 2.45) is 0 Å². The maximum Gasteiger partial charge on any atom is 0.246 e. The number of aromatic amines is 1. The molecule has 0 aliphatic carbocycles. The average Bonchev–Trinajstić information content (AvgIpc) is 3.34. The Labute approximate surface area is 168 Å². The van der Waals surface area contributed by atoms with E-state index in [4.69, 9.17) is 4.74 Å². The van der Waals surface area contributed by atoms with Crippen LogP contribution in [0.25, 0.3) is 22.3 Å². The fourth-order valence-electron chi connectivity index (χ4n) is 4.58.